The first-order chi connectivity index (χ1) is 15.1. The average molecular weight is 493 g/mol. The smallest absolute Gasteiger partial charge is 0.234 e. The molecule has 9 heteroatoms. The van der Waals surface area contributed by atoms with E-state index in [9.17, 15) is 4.79 Å². The third kappa shape index (κ3) is 5.97. The molecule has 0 aliphatic heterocycles. The third-order valence-corrected chi connectivity index (χ3v) is 6.48. The number of benzene rings is 2. The zero-order valence-electron chi connectivity index (χ0n) is 18.6. The molecule has 6 nitrogen and oxygen atoms in total. The minimum absolute atomic E-state index is 0.0866. The molecule has 170 valence electrons. The number of rotatable bonds is 7. The molecule has 0 bridgehead atoms. The quantitative estimate of drug-likeness (QED) is 0.392. The van der Waals surface area contributed by atoms with Crippen molar-refractivity contribution in [1.82, 2.24) is 14.8 Å². The fraction of sp³-hybridized carbons (Fsp3) is 0.348. The Labute approximate surface area is 202 Å². The van der Waals surface area contributed by atoms with Crippen LogP contribution in [0.1, 0.15) is 45.2 Å². The molecular formula is C23H26Cl2N4O2S. The Balaban J connectivity index is 1.60. The molecule has 1 N–H and O–H groups in total. The molecule has 2 aromatic carbocycles. The number of hydrogen-bond acceptors (Lipinski definition) is 5. The number of carbonyl (C=O) groups is 1. The van der Waals surface area contributed by atoms with E-state index in [4.69, 9.17) is 27.9 Å². The lowest BCUT2D eigenvalue weighted by Crippen LogP contribution is -2.15. The number of nitrogens with zero attached hydrogens (tertiary/aromatic N) is 3. The maximum atomic E-state index is 12.3. The van der Waals surface area contributed by atoms with E-state index in [0.717, 1.165) is 5.75 Å². The molecule has 0 radical (unpaired) electrons. The number of thioether (sulfide) groups is 1. The van der Waals surface area contributed by atoms with Crippen LogP contribution in [0.4, 0.5) is 5.69 Å². The normalized spacial score (nSPS) is 12.5. The number of nitrogens with one attached hydrogen (secondary N) is 1. The molecule has 1 amide bonds. The average Bonchev–Trinajstić information content (AvgIpc) is 3.09. The van der Waals surface area contributed by atoms with E-state index in [2.05, 4.69) is 48.4 Å². The SMILES string of the molecule is CC(Oc1ccc(C(C)(C)C)cc1)c1nnc(SCC(=O)Nc2c(Cl)cccc2Cl)n1C. The fourth-order valence-corrected chi connectivity index (χ4v) is 4.23. The van der Waals surface area contributed by atoms with Crippen molar-refractivity contribution in [3.63, 3.8) is 0 Å². The van der Waals surface area contributed by atoms with Crippen molar-refractivity contribution < 1.29 is 9.53 Å². The number of para-hydroxylation sites is 1. The second-order valence-electron chi connectivity index (χ2n) is 8.37. The van der Waals surface area contributed by atoms with E-state index in [1.165, 1.54) is 17.3 Å². The summed E-state index contributed by atoms with van der Waals surface area (Å²) in [4.78, 5) is 12.3. The van der Waals surface area contributed by atoms with Crippen LogP contribution in [0, 0.1) is 0 Å². The van der Waals surface area contributed by atoms with Crippen LogP contribution >= 0.6 is 35.0 Å². The number of carbonyl (C=O) groups excluding carboxylic acids is 1. The Bertz CT molecular complexity index is 1070. The second-order valence-corrected chi connectivity index (χ2v) is 10.1. The standard InChI is InChI=1S/C23H26Cl2N4O2S/c1-14(31-16-11-9-15(10-12-16)23(2,3)4)21-27-28-22(29(21)5)32-13-19(30)26-20-17(24)7-6-8-18(20)25/h6-12,14H,13H2,1-5H3,(H,26,30). The van der Waals surface area contributed by atoms with Crippen molar-refractivity contribution in [1.29, 1.82) is 0 Å². The largest absolute Gasteiger partial charge is 0.483 e. The van der Waals surface area contributed by atoms with Crippen LogP contribution in [0.3, 0.4) is 0 Å². The summed E-state index contributed by atoms with van der Waals surface area (Å²) in [6.07, 6.45) is -0.307. The van der Waals surface area contributed by atoms with Gasteiger partial charge in [0, 0.05) is 7.05 Å². The van der Waals surface area contributed by atoms with Gasteiger partial charge in [0.15, 0.2) is 17.1 Å². The lowest BCUT2D eigenvalue weighted by molar-refractivity contribution is -0.113. The number of ether oxygens (including phenoxy) is 1. The van der Waals surface area contributed by atoms with Crippen molar-refractivity contribution in [2.24, 2.45) is 7.05 Å². The topological polar surface area (TPSA) is 69.0 Å². The molecule has 0 spiro atoms. The van der Waals surface area contributed by atoms with Gasteiger partial charge in [0.2, 0.25) is 5.91 Å². The Hall–Kier alpha value is -2.22. The van der Waals surface area contributed by atoms with Gasteiger partial charge in [-0.05, 0) is 42.2 Å². The molecule has 1 heterocycles. The van der Waals surface area contributed by atoms with E-state index in [1.807, 2.05) is 30.7 Å². The zero-order chi connectivity index (χ0) is 23.5. The molecule has 3 aromatic rings. The van der Waals surface area contributed by atoms with Gasteiger partial charge in [-0.25, -0.2) is 0 Å². The van der Waals surface area contributed by atoms with Crippen LogP contribution < -0.4 is 10.1 Å². The summed E-state index contributed by atoms with van der Waals surface area (Å²) >= 11 is 13.5. The minimum atomic E-state index is -0.307. The zero-order valence-corrected chi connectivity index (χ0v) is 21.0. The molecule has 1 atom stereocenters. The summed E-state index contributed by atoms with van der Waals surface area (Å²) in [7, 11) is 1.85. The fourth-order valence-electron chi connectivity index (χ4n) is 3.02. The summed E-state index contributed by atoms with van der Waals surface area (Å²) in [6, 6.07) is 13.1. The molecular weight excluding hydrogens is 467 g/mol. The summed E-state index contributed by atoms with van der Waals surface area (Å²) in [5.41, 5.74) is 1.73. The molecule has 0 fully saturated rings. The van der Waals surface area contributed by atoms with Crippen LogP contribution in [-0.4, -0.2) is 26.4 Å². The van der Waals surface area contributed by atoms with Gasteiger partial charge < -0.3 is 14.6 Å². The van der Waals surface area contributed by atoms with Crippen molar-refractivity contribution in [2.45, 2.75) is 44.4 Å². The summed E-state index contributed by atoms with van der Waals surface area (Å²) < 4.78 is 7.88. The summed E-state index contributed by atoms with van der Waals surface area (Å²) in [6.45, 7) is 8.44. The molecule has 32 heavy (non-hydrogen) atoms. The van der Waals surface area contributed by atoms with E-state index in [0.29, 0.717) is 26.7 Å². The van der Waals surface area contributed by atoms with E-state index in [-0.39, 0.29) is 23.2 Å². The Morgan fingerprint density at radius 3 is 2.34 bits per heavy atom. The van der Waals surface area contributed by atoms with Gasteiger partial charge >= 0.3 is 0 Å². The van der Waals surface area contributed by atoms with Crippen LogP contribution in [0.15, 0.2) is 47.6 Å². The molecule has 0 saturated carbocycles. The van der Waals surface area contributed by atoms with Gasteiger partial charge in [0.1, 0.15) is 5.75 Å². The maximum Gasteiger partial charge on any atom is 0.234 e. The number of hydrogen-bond donors (Lipinski definition) is 1. The second kappa shape index (κ2) is 10.1. The van der Waals surface area contributed by atoms with Gasteiger partial charge in [-0.3, -0.25) is 4.79 Å². The highest BCUT2D eigenvalue weighted by Crippen LogP contribution is 2.30. The maximum absolute atomic E-state index is 12.3. The van der Waals surface area contributed by atoms with Gasteiger partial charge in [0.05, 0.1) is 21.5 Å². The predicted molar refractivity (Wildman–Crippen MR) is 131 cm³/mol. The van der Waals surface area contributed by atoms with E-state index >= 15 is 0 Å². The third-order valence-electron chi connectivity index (χ3n) is 4.82. The predicted octanol–water partition coefficient (Wildman–Crippen LogP) is 6.29. The van der Waals surface area contributed by atoms with Gasteiger partial charge in [-0.2, -0.15) is 0 Å². The van der Waals surface area contributed by atoms with Gasteiger partial charge in [-0.1, -0.05) is 73.9 Å². The first-order valence-electron chi connectivity index (χ1n) is 10.1. The Morgan fingerprint density at radius 1 is 1.12 bits per heavy atom. The van der Waals surface area contributed by atoms with Crippen LogP contribution in [0.5, 0.6) is 5.75 Å². The van der Waals surface area contributed by atoms with Crippen molar-refractivity contribution in [3.05, 3.63) is 63.9 Å². The van der Waals surface area contributed by atoms with Gasteiger partial charge in [-0.15, -0.1) is 10.2 Å². The monoisotopic (exact) mass is 492 g/mol. The lowest BCUT2D eigenvalue weighted by atomic mass is 9.87. The van der Waals surface area contributed by atoms with Crippen LogP contribution in [0.25, 0.3) is 0 Å². The number of aromatic nitrogens is 3. The van der Waals surface area contributed by atoms with E-state index in [1.54, 1.807) is 18.2 Å². The van der Waals surface area contributed by atoms with E-state index < -0.39 is 0 Å². The molecule has 3 rings (SSSR count). The lowest BCUT2D eigenvalue weighted by Gasteiger charge is -2.20. The molecule has 0 aliphatic carbocycles. The highest BCUT2D eigenvalue weighted by Gasteiger charge is 2.19. The first-order valence-corrected chi connectivity index (χ1v) is 11.8. The molecule has 0 aliphatic rings. The Kier molecular flexibility index (Phi) is 7.75. The van der Waals surface area contributed by atoms with Crippen molar-refractivity contribution in [3.8, 4) is 5.75 Å². The van der Waals surface area contributed by atoms with Crippen molar-refractivity contribution >= 4 is 46.6 Å². The molecule has 0 saturated heterocycles. The number of halogens is 2. The highest BCUT2D eigenvalue weighted by atomic mass is 35.5. The highest BCUT2D eigenvalue weighted by molar-refractivity contribution is 7.99. The van der Waals surface area contributed by atoms with Gasteiger partial charge in [0.25, 0.3) is 0 Å². The molecule has 1 unspecified atom stereocenters. The Morgan fingerprint density at radius 2 is 1.75 bits per heavy atom. The summed E-state index contributed by atoms with van der Waals surface area (Å²) in [5, 5.41) is 12.6. The number of amides is 1. The van der Waals surface area contributed by atoms with Crippen LogP contribution in [-0.2, 0) is 17.3 Å². The minimum Gasteiger partial charge on any atom is -0.483 e. The van der Waals surface area contributed by atoms with Crippen LogP contribution in [0.2, 0.25) is 10.0 Å². The molecule has 1 aromatic heterocycles. The first kappa shape index (κ1) is 24.4. The number of anilines is 1. The summed E-state index contributed by atoms with van der Waals surface area (Å²) in [5.74, 6) is 1.33. The van der Waals surface area contributed by atoms with Crippen molar-refractivity contribution in [2.75, 3.05) is 11.1 Å².